The summed E-state index contributed by atoms with van der Waals surface area (Å²) in [7, 11) is 0. The Morgan fingerprint density at radius 1 is 1.00 bits per heavy atom. The molecular weight excluding hydrogens is 514 g/mol. The van der Waals surface area contributed by atoms with Gasteiger partial charge in [0.25, 0.3) is 5.91 Å². The number of halogens is 1. The zero-order valence-electron chi connectivity index (χ0n) is 24.3. The number of aryl methyl sites for hydroxylation is 1. The molecule has 0 fully saturated rings. The van der Waals surface area contributed by atoms with Crippen LogP contribution >= 0.6 is 11.6 Å². The van der Waals surface area contributed by atoms with Crippen molar-refractivity contribution in [2.24, 2.45) is 5.92 Å². The third-order valence-electron chi connectivity index (χ3n) is 6.58. The van der Waals surface area contributed by atoms with Crippen LogP contribution in [0.3, 0.4) is 0 Å². The van der Waals surface area contributed by atoms with Crippen LogP contribution in [-0.4, -0.2) is 41.0 Å². The number of benzene rings is 2. The summed E-state index contributed by atoms with van der Waals surface area (Å²) in [6.45, 7) is 13.5. The maximum Gasteiger partial charge on any atom is 0.408 e. The van der Waals surface area contributed by atoms with Crippen molar-refractivity contribution >= 4 is 35.2 Å². The van der Waals surface area contributed by atoms with E-state index in [1.165, 1.54) is 0 Å². The van der Waals surface area contributed by atoms with Gasteiger partial charge < -0.3 is 20.3 Å². The van der Waals surface area contributed by atoms with E-state index in [9.17, 15) is 14.4 Å². The second-order valence-electron chi connectivity index (χ2n) is 11.0. The van der Waals surface area contributed by atoms with Crippen LogP contribution < -0.4 is 10.6 Å². The number of unbranched alkanes of at least 4 members (excludes halogenated alkanes) is 2. The van der Waals surface area contributed by atoms with Crippen molar-refractivity contribution in [2.45, 2.75) is 91.8 Å². The minimum Gasteiger partial charge on any atom is -0.444 e. The molecule has 3 unspecified atom stereocenters. The maximum atomic E-state index is 14.3. The van der Waals surface area contributed by atoms with Gasteiger partial charge in [0.15, 0.2) is 0 Å². The highest BCUT2D eigenvalue weighted by atomic mass is 35.5. The highest BCUT2D eigenvalue weighted by Gasteiger charge is 2.38. The summed E-state index contributed by atoms with van der Waals surface area (Å²) >= 11 is 6.43. The number of para-hydroxylation sites is 1. The van der Waals surface area contributed by atoms with Crippen LogP contribution in [0.2, 0.25) is 5.02 Å². The molecule has 0 aliphatic rings. The maximum absolute atomic E-state index is 14.3. The van der Waals surface area contributed by atoms with Gasteiger partial charge in [-0.3, -0.25) is 9.59 Å². The number of carbonyl (C=O) groups excluding carboxylic acids is 3. The van der Waals surface area contributed by atoms with Crippen LogP contribution in [0.4, 0.5) is 10.5 Å². The molecule has 39 heavy (non-hydrogen) atoms. The van der Waals surface area contributed by atoms with E-state index in [2.05, 4.69) is 17.6 Å². The predicted octanol–water partition coefficient (Wildman–Crippen LogP) is 7.29. The molecule has 2 aromatic rings. The second kappa shape index (κ2) is 14.9. The molecule has 0 heterocycles. The fourth-order valence-corrected chi connectivity index (χ4v) is 4.55. The van der Waals surface area contributed by atoms with Crippen molar-refractivity contribution in [3.05, 3.63) is 64.7 Å². The fraction of sp³-hybridized carbons (Fsp3) is 0.516. The van der Waals surface area contributed by atoms with E-state index in [1.807, 2.05) is 63.2 Å². The molecule has 0 aliphatic heterocycles. The molecule has 0 spiro atoms. The van der Waals surface area contributed by atoms with Crippen LogP contribution in [0.1, 0.15) is 84.4 Å². The first-order chi connectivity index (χ1) is 18.4. The molecule has 0 aliphatic carbocycles. The normalized spacial score (nSPS) is 13.6. The first kappa shape index (κ1) is 32.2. The van der Waals surface area contributed by atoms with Gasteiger partial charge in [0.2, 0.25) is 5.91 Å². The summed E-state index contributed by atoms with van der Waals surface area (Å²) in [6.07, 6.45) is 2.54. The molecular formula is C31H44ClN3O4. The Bertz CT molecular complexity index is 1080. The number of alkyl carbamates (subject to hydrolysis) is 1. The molecule has 214 valence electrons. The van der Waals surface area contributed by atoms with Gasteiger partial charge >= 0.3 is 6.09 Å². The van der Waals surface area contributed by atoms with Crippen molar-refractivity contribution in [3.63, 3.8) is 0 Å². The number of ether oxygens (including phenoxy) is 1. The van der Waals surface area contributed by atoms with Crippen LogP contribution in [0, 0.1) is 12.8 Å². The van der Waals surface area contributed by atoms with Crippen molar-refractivity contribution in [3.8, 4) is 0 Å². The van der Waals surface area contributed by atoms with Crippen molar-refractivity contribution in [2.75, 3.05) is 11.9 Å². The zero-order chi connectivity index (χ0) is 29.2. The van der Waals surface area contributed by atoms with Gasteiger partial charge in [0.05, 0.1) is 10.7 Å². The lowest BCUT2D eigenvalue weighted by atomic mass is 9.95. The van der Waals surface area contributed by atoms with Crippen molar-refractivity contribution in [1.29, 1.82) is 0 Å². The lowest BCUT2D eigenvalue weighted by molar-refractivity contribution is -0.142. The summed E-state index contributed by atoms with van der Waals surface area (Å²) in [4.78, 5) is 42.7. The summed E-state index contributed by atoms with van der Waals surface area (Å²) in [6, 6.07) is 12.8. The van der Waals surface area contributed by atoms with Gasteiger partial charge in [-0.15, -0.1) is 0 Å². The zero-order valence-corrected chi connectivity index (χ0v) is 25.1. The number of rotatable bonds is 12. The standard InChI is InChI=1S/C31H44ClN3O4/c1-8-10-14-20-35(29(37)26(21(3)9-2)34-30(38)39-31(5,6)7)27(23-17-12-11-13-18-23)28(36)33-25-22(4)16-15-19-24(25)32/h11-13,15-19,21,26-27H,8-10,14,20H2,1-7H3,(H,33,36)(H,34,38). The molecule has 0 saturated heterocycles. The first-order valence-corrected chi connectivity index (χ1v) is 14.2. The number of hydrogen-bond donors (Lipinski definition) is 2. The Kier molecular flexibility index (Phi) is 12.3. The molecule has 3 amide bonds. The van der Waals surface area contributed by atoms with Gasteiger partial charge in [0.1, 0.15) is 17.7 Å². The molecule has 0 bridgehead atoms. The van der Waals surface area contributed by atoms with Gasteiger partial charge in [-0.05, 0) is 57.2 Å². The quantitative estimate of drug-likeness (QED) is 0.268. The van der Waals surface area contributed by atoms with E-state index in [1.54, 1.807) is 31.7 Å². The van der Waals surface area contributed by atoms with E-state index >= 15 is 0 Å². The SMILES string of the molecule is CCCCCN(C(=O)C(NC(=O)OC(C)(C)C)C(C)CC)C(C(=O)Nc1c(C)cccc1Cl)c1ccccc1. The summed E-state index contributed by atoms with van der Waals surface area (Å²) < 4.78 is 5.47. The summed E-state index contributed by atoms with van der Waals surface area (Å²) in [5, 5.41) is 6.20. The van der Waals surface area contributed by atoms with Gasteiger partial charge in [-0.2, -0.15) is 0 Å². The number of nitrogens with zero attached hydrogens (tertiary/aromatic N) is 1. The summed E-state index contributed by atoms with van der Waals surface area (Å²) in [5.41, 5.74) is 1.28. The van der Waals surface area contributed by atoms with Crippen LogP contribution in [0.25, 0.3) is 0 Å². The minimum atomic E-state index is -0.932. The van der Waals surface area contributed by atoms with Gasteiger partial charge in [0, 0.05) is 6.54 Å². The average Bonchev–Trinajstić information content (AvgIpc) is 2.87. The number of hydrogen-bond acceptors (Lipinski definition) is 4. The Morgan fingerprint density at radius 2 is 1.67 bits per heavy atom. The van der Waals surface area contributed by atoms with Gasteiger partial charge in [-0.25, -0.2) is 4.79 Å². The lowest BCUT2D eigenvalue weighted by Crippen LogP contribution is -2.55. The smallest absolute Gasteiger partial charge is 0.408 e. The molecule has 8 heteroatoms. The number of amides is 3. The molecule has 0 aromatic heterocycles. The predicted molar refractivity (Wildman–Crippen MR) is 158 cm³/mol. The molecule has 7 nitrogen and oxygen atoms in total. The third kappa shape index (κ3) is 9.57. The Hall–Kier alpha value is -3.06. The molecule has 0 saturated carbocycles. The highest BCUT2D eigenvalue weighted by Crippen LogP contribution is 2.30. The Labute approximate surface area is 238 Å². The minimum absolute atomic E-state index is 0.191. The average molecular weight is 558 g/mol. The van der Waals surface area contributed by atoms with Crippen LogP contribution in [0.15, 0.2) is 48.5 Å². The molecule has 2 aromatic carbocycles. The molecule has 2 N–H and O–H groups in total. The van der Waals surface area contributed by atoms with Crippen molar-refractivity contribution in [1.82, 2.24) is 10.2 Å². The largest absolute Gasteiger partial charge is 0.444 e. The van der Waals surface area contributed by atoms with E-state index in [0.29, 0.717) is 35.7 Å². The number of nitrogens with one attached hydrogen (secondary N) is 2. The first-order valence-electron chi connectivity index (χ1n) is 13.8. The van der Waals surface area contributed by atoms with E-state index in [0.717, 1.165) is 18.4 Å². The topological polar surface area (TPSA) is 87.7 Å². The number of carbonyl (C=O) groups is 3. The lowest BCUT2D eigenvalue weighted by Gasteiger charge is -2.36. The monoisotopic (exact) mass is 557 g/mol. The van der Waals surface area contributed by atoms with E-state index < -0.39 is 23.8 Å². The number of anilines is 1. The van der Waals surface area contributed by atoms with Gasteiger partial charge in [-0.1, -0.05) is 94.1 Å². The highest BCUT2D eigenvalue weighted by molar-refractivity contribution is 6.34. The molecule has 2 rings (SSSR count). The van der Waals surface area contributed by atoms with Crippen LogP contribution in [-0.2, 0) is 14.3 Å². The molecule has 3 atom stereocenters. The molecule has 0 radical (unpaired) electrons. The van der Waals surface area contributed by atoms with E-state index in [-0.39, 0.29) is 17.7 Å². The third-order valence-corrected chi connectivity index (χ3v) is 6.90. The Balaban J connectivity index is 2.55. The second-order valence-corrected chi connectivity index (χ2v) is 11.4. The van der Waals surface area contributed by atoms with Crippen LogP contribution in [0.5, 0.6) is 0 Å². The Morgan fingerprint density at radius 3 is 2.23 bits per heavy atom. The van der Waals surface area contributed by atoms with Crippen molar-refractivity contribution < 1.29 is 19.1 Å². The van der Waals surface area contributed by atoms with E-state index in [4.69, 9.17) is 16.3 Å². The summed E-state index contributed by atoms with van der Waals surface area (Å²) in [5.74, 6) is -0.891. The fourth-order valence-electron chi connectivity index (χ4n) is 4.28.